The van der Waals surface area contributed by atoms with Crippen LogP contribution in [0.2, 0.25) is 5.02 Å². The normalized spacial score (nSPS) is 10.5. The quantitative estimate of drug-likeness (QED) is 0.529. The predicted molar refractivity (Wildman–Crippen MR) is 116 cm³/mol. The Kier molecular flexibility index (Phi) is 6.90. The van der Waals surface area contributed by atoms with Crippen molar-refractivity contribution in [1.29, 1.82) is 0 Å². The van der Waals surface area contributed by atoms with Gasteiger partial charge >= 0.3 is 0 Å². The lowest BCUT2D eigenvalue weighted by atomic mass is 10.1. The van der Waals surface area contributed by atoms with E-state index >= 15 is 0 Å². The van der Waals surface area contributed by atoms with Crippen LogP contribution >= 0.6 is 23.4 Å². The summed E-state index contributed by atoms with van der Waals surface area (Å²) in [5.41, 5.74) is 4.08. The van der Waals surface area contributed by atoms with Gasteiger partial charge < -0.3 is 10.6 Å². The summed E-state index contributed by atoms with van der Waals surface area (Å²) in [6, 6.07) is 17.3. The summed E-state index contributed by atoms with van der Waals surface area (Å²) < 4.78 is 0. The third-order valence-electron chi connectivity index (χ3n) is 4.12. The number of carbonyl (C=O) groups excluding carboxylic acids is 1. The lowest BCUT2D eigenvalue weighted by Gasteiger charge is -2.11. The number of benzene rings is 2. The standard InChI is InChI=1S/C21H21ClN4OS/c1-14-4-3-5-15(2)21(14)24-19(27)13-28-20-11-10-18(25-26-20)23-12-16-6-8-17(22)9-7-16/h3-11H,12-13H2,1-2H3,(H,23,25)(H,24,27). The summed E-state index contributed by atoms with van der Waals surface area (Å²) in [6.45, 7) is 4.60. The van der Waals surface area contributed by atoms with Crippen LogP contribution in [0.4, 0.5) is 11.5 Å². The van der Waals surface area contributed by atoms with Crippen molar-refractivity contribution in [2.45, 2.75) is 25.4 Å². The van der Waals surface area contributed by atoms with E-state index in [1.54, 1.807) is 0 Å². The number of halogens is 1. The van der Waals surface area contributed by atoms with Crippen LogP contribution in [0, 0.1) is 13.8 Å². The maximum atomic E-state index is 12.2. The zero-order valence-electron chi connectivity index (χ0n) is 15.7. The maximum Gasteiger partial charge on any atom is 0.234 e. The van der Waals surface area contributed by atoms with Gasteiger partial charge in [0.2, 0.25) is 5.91 Å². The second kappa shape index (κ2) is 9.57. The van der Waals surface area contributed by atoms with Gasteiger partial charge in [-0.25, -0.2) is 0 Å². The average molecular weight is 413 g/mol. The van der Waals surface area contributed by atoms with Crippen molar-refractivity contribution in [3.8, 4) is 0 Å². The summed E-state index contributed by atoms with van der Waals surface area (Å²) in [7, 11) is 0. The number of thioether (sulfide) groups is 1. The number of amides is 1. The van der Waals surface area contributed by atoms with E-state index in [0.717, 1.165) is 22.4 Å². The fourth-order valence-electron chi connectivity index (χ4n) is 2.61. The highest BCUT2D eigenvalue weighted by Crippen LogP contribution is 2.21. The molecule has 0 fully saturated rings. The monoisotopic (exact) mass is 412 g/mol. The summed E-state index contributed by atoms with van der Waals surface area (Å²) >= 11 is 7.24. The Morgan fingerprint density at radius 1 is 1.00 bits per heavy atom. The zero-order chi connectivity index (χ0) is 19.9. The predicted octanol–water partition coefficient (Wildman–Crippen LogP) is 5.09. The molecule has 0 unspecified atom stereocenters. The summed E-state index contributed by atoms with van der Waals surface area (Å²) in [4.78, 5) is 12.2. The number of nitrogens with zero attached hydrogens (tertiary/aromatic N) is 2. The molecule has 28 heavy (non-hydrogen) atoms. The SMILES string of the molecule is Cc1cccc(C)c1NC(=O)CSc1ccc(NCc2ccc(Cl)cc2)nn1. The molecule has 0 aliphatic heterocycles. The van der Waals surface area contributed by atoms with Crippen LogP contribution in [0.25, 0.3) is 0 Å². The molecule has 0 spiro atoms. The molecule has 0 bridgehead atoms. The first kappa shape index (κ1) is 20.2. The van der Waals surface area contributed by atoms with Gasteiger partial charge in [-0.2, -0.15) is 0 Å². The highest BCUT2D eigenvalue weighted by Gasteiger charge is 2.09. The molecule has 0 radical (unpaired) electrons. The van der Waals surface area contributed by atoms with E-state index in [0.29, 0.717) is 22.4 Å². The second-order valence-corrected chi connectivity index (χ2v) is 7.77. The number of rotatable bonds is 7. The Balaban J connectivity index is 1.48. The van der Waals surface area contributed by atoms with Gasteiger partial charge in [0.1, 0.15) is 10.8 Å². The number of hydrogen-bond acceptors (Lipinski definition) is 5. The first-order valence-corrected chi connectivity index (χ1v) is 10.2. The molecule has 7 heteroatoms. The molecule has 0 saturated heterocycles. The van der Waals surface area contributed by atoms with Crippen LogP contribution in [-0.4, -0.2) is 21.9 Å². The Labute approximate surface area is 173 Å². The average Bonchev–Trinajstić information content (AvgIpc) is 2.70. The molecule has 2 aromatic carbocycles. The van der Waals surface area contributed by atoms with E-state index in [1.807, 2.05) is 68.4 Å². The molecule has 1 heterocycles. The van der Waals surface area contributed by atoms with Crippen molar-refractivity contribution >= 4 is 40.8 Å². The van der Waals surface area contributed by atoms with E-state index < -0.39 is 0 Å². The Morgan fingerprint density at radius 3 is 2.36 bits per heavy atom. The Bertz CT molecular complexity index is 925. The molecule has 144 valence electrons. The number of anilines is 2. The van der Waals surface area contributed by atoms with Crippen molar-refractivity contribution in [3.63, 3.8) is 0 Å². The van der Waals surface area contributed by atoms with E-state index in [2.05, 4.69) is 20.8 Å². The van der Waals surface area contributed by atoms with Gasteiger partial charge in [-0.3, -0.25) is 4.79 Å². The molecular formula is C21H21ClN4OS. The van der Waals surface area contributed by atoms with Crippen LogP contribution in [0.1, 0.15) is 16.7 Å². The number of para-hydroxylation sites is 1. The summed E-state index contributed by atoms with van der Waals surface area (Å²) in [5, 5.41) is 15.9. The zero-order valence-corrected chi connectivity index (χ0v) is 17.3. The molecule has 1 aromatic heterocycles. The van der Waals surface area contributed by atoms with E-state index in [-0.39, 0.29) is 11.7 Å². The number of aromatic nitrogens is 2. The minimum atomic E-state index is -0.0610. The van der Waals surface area contributed by atoms with Crippen LogP contribution in [0.5, 0.6) is 0 Å². The van der Waals surface area contributed by atoms with Gasteiger partial charge in [0.15, 0.2) is 0 Å². The number of carbonyl (C=O) groups is 1. The lowest BCUT2D eigenvalue weighted by Crippen LogP contribution is -2.15. The molecule has 2 N–H and O–H groups in total. The molecule has 1 amide bonds. The summed E-state index contributed by atoms with van der Waals surface area (Å²) in [5.74, 6) is 0.897. The fourth-order valence-corrected chi connectivity index (χ4v) is 3.35. The number of aryl methyl sites for hydroxylation is 2. The van der Waals surface area contributed by atoms with Gasteiger partial charge in [0.05, 0.1) is 5.75 Å². The molecular weight excluding hydrogens is 392 g/mol. The number of hydrogen-bond donors (Lipinski definition) is 2. The largest absolute Gasteiger partial charge is 0.365 e. The van der Waals surface area contributed by atoms with E-state index in [4.69, 9.17) is 11.6 Å². The van der Waals surface area contributed by atoms with E-state index in [9.17, 15) is 4.79 Å². The van der Waals surface area contributed by atoms with Gasteiger partial charge in [-0.15, -0.1) is 10.2 Å². The van der Waals surface area contributed by atoms with Crippen LogP contribution in [-0.2, 0) is 11.3 Å². The molecule has 0 aliphatic carbocycles. The van der Waals surface area contributed by atoms with Gasteiger partial charge in [-0.05, 0) is 54.8 Å². The topological polar surface area (TPSA) is 66.9 Å². The molecule has 3 rings (SSSR count). The van der Waals surface area contributed by atoms with Gasteiger partial charge in [-0.1, -0.05) is 53.7 Å². The minimum Gasteiger partial charge on any atom is -0.365 e. The minimum absolute atomic E-state index is 0.0610. The smallest absolute Gasteiger partial charge is 0.234 e. The van der Waals surface area contributed by atoms with E-state index in [1.165, 1.54) is 11.8 Å². The molecule has 0 saturated carbocycles. The van der Waals surface area contributed by atoms with Crippen LogP contribution in [0.3, 0.4) is 0 Å². The van der Waals surface area contributed by atoms with Crippen molar-refractivity contribution in [2.75, 3.05) is 16.4 Å². The van der Waals surface area contributed by atoms with Crippen LogP contribution in [0.15, 0.2) is 59.6 Å². The maximum absolute atomic E-state index is 12.2. The molecule has 0 atom stereocenters. The van der Waals surface area contributed by atoms with Crippen molar-refractivity contribution < 1.29 is 4.79 Å². The summed E-state index contributed by atoms with van der Waals surface area (Å²) in [6.07, 6.45) is 0. The van der Waals surface area contributed by atoms with Crippen molar-refractivity contribution in [3.05, 3.63) is 76.3 Å². The molecule has 5 nitrogen and oxygen atoms in total. The highest BCUT2D eigenvalue weighted by atomic mass is 35.5. The van der Waals surface area contributed by atoms with Gasteiger partial charge in [0.25, 0.3) is 0 Å². The second-order valence-electron chi connectivity index (χ2n) is 6.34. The van der Waals surface area contributed by atoms with Crippen molar-refractivity contribution in [2.24, 2.45) is 0 Å². The lowest BCUT2D eigenvalue weighted by molar-refractivity contribution is -0.113. The van der Waals surface area contributed by atoms with Crippen molar-refractivity contribution in [1.82, 2.24) is 10.2 Å². The first-order valence-electron chi connectivity index (χ1n) is 8.82. The fraction of sp³-hybridized carbons (Fsp3) is 0.190. The van der Waals surface area contributed by atoms with Gasteiger partial charge in [0, 0.05) is 17.3 Å². The number of nitrogens with one attached hydrogen (secondary N) is 2. The van der Waals surface area contributed by atoms with Crippen LogP contribution < -0.4 is 10.6 Å². The Morgan fingerprint density at radius 2 is 1.71 bits per heavy atom. The molecule has 3 aromatic rings. The third-order valence-corrected chi connectivity index (χ3v) is 5.30. The highest BCUT2D eigenvalue weighted by molar-refractivity contribution is 7.99. The third kappa shape index (κ3) is 5.71. The first-order chi connectivity index (χ1) is 13.5. The Hall–Kier alpha value is -2.57. The molecule has 0 aliphatic rings.